The van der Waals surface area contributed by atoms with Gasteiger partial charge in [0.15, 0.2) is 0 Å². The van der Waals surface area contributed by atoms with Gasteiger partial charge < -0.3 is 5.73 Å². The lowest BCUT2D eigenvalue weighted by Gasteiger charge is -2.00. The largest absolute Gasteiger partial charge is 0.327 e. The van der Waals surface area contributed by atoms with Gasteiger partial charge in [-0.1, -0.05) is 17.7 Å². The Morgan fingerprint density at radius 1 is 1.31 bits per heavy atom. The number of hydrogen-bond donors (Lipinski definition) is 1. The second-order valence-corrected chi connectivity index (χ2v) is 5.80. The highest BCUT2D eigenvalue weighted by atomic mass is 35.5. The second-order valence-electron chi connectivity index (χ2n) is 4.09. The lowest BCUT2D eigenvalue weighted by atomic mass is 10.1. The smallest absolute Gasteiger partial charge is 0.0935 e. The predicted octanol–water partition coefficient (Wildman–Crippen LogP) is 3.28. The molecule has 1 aliphatic carbocycles. The van der Waals surface area contributed by atoms with Gasteiger partial charge in [-0.3, -0.25) is 4.98 Å². The molecule has 2 aromatic heterocycles. The highest BCUT2D eigenvalue weighted by Crippen LogP contribution is 2.39. The zero-order valence-electron chi connectivity index (χ0n) is 8.56. The van der Waals surface area contributed by atoms with Crippen LogP contribution >= 0.6 is 22.9 Å². The summed E-state index contributed by atoms with van der Waals surface area (Å²) in [7, 11) is 0. The number of thiophene rings is 1. The third-order valence-corrected chi connectivity index (χ3v) is 4.13. The van der Waals surface area contributed by atoms with Crippen LogP contribution in [-0.4, -0.2) is 11.0 Å². The van der Waals surface area contributed by atoms with Crippen LogP contribution in [0.15, 0.2) is 30.5 Å². The Morgan fingerprint density at radius 3 is 2.62 bits per heavy atom. The number of halogens is 1. The van der Waals surface area contributed by atoms with Gasteiger partial charge in [-0.25, -0.2) is 0 Å². The van der Waals surface area contributed by atoms with E-state index in [0.29, 0.717) is 12.0 Å². The Bertz CT molecular complexity index is 506. The van der Waals surface area contributed by atoms with E-state index in [1.54, 1.807) is 11.3 Å². The summed E-state index contributed by atoms with van der Waals surface area (Å²) in [5, 5.41) is 0. The van der Waals surface area contributed by atoms with Crippen LogP contribution in [0.5, 0.6) is 0 Å². The van der Waals surface area contributed by atoms with E-state index in [-0.39, 0.29) is 0 Å². The molecule has 16 heavy (non-hydrogen) atoms. The quantitative estimate of drug-likeness (QED) is 0.889. The SMILES string of the molecule is N[C@H]1C[C@@H]1c1ccc(-c2ccc(Cl)s2)nc1. The molecule has 0 spiro atoms. The van der Waals surface area contributed by atoms with Crippen LogP contribution in [0.4, 0.5) is 0 Å². The highest BCUT2D eigenvalue weighted by Gasteiger charge is 2.34. The van der Waals surface area contributed by atoms with E-state index in [9.17, 15) is 0 Å². The number of pyridine rings is 1. The van der Waals surface area contributed by atoms with Gasteiger partial charge in [0.2, 0.25) is 0 Å². The number of aromatic nitrogens is 1. The van der Waals surface area contributed by atoms with E-state index < -0.39 is 0 Å². The number of hydrogen-bond acceptors (Lipinski definition) is 3. The average Bonchev–Trinajstić information content (AvgIpc) is 2.86. The molecule has 2 heterocycles. The van der Waals surface area contributed by atoms with Gasteiger partial charge in [0.25, 0.3) is 0 Å². The molecule has 0 unspecified atom stereocenters. The van der Waals surface area contributed by atoms with Crippen molar-refractivity contribution in [2.24, 2.45) is 5.73 Å². The van der Waals surface area contributed by atoms with Gasteiger partial charge >= 0.3 is 0 Å². The zero-order chi connectivity index (χ0) is 11.1. The van der Waals surface area contributed by atoms with Crippen molar-refractivity contribution in [2.75, 3.05) is 0 Å². The average molecular weight is 251 g/mol. The Balaban J connectivity index is 1.87. The van der Waals surface area contributed by atoms with Crippen molar-refractivity contribution >= 4 is 22.9 Å². The molecule has 1 aliphatic rings. The molecule has 0 amide bonds. The Hall–Kier alpha value is -0.900. The topological polar surface area (TPSA) is 38.9 Å². The van der Waals surface area contributed by atoms with E-state index in [0.717, 1.165) is 21.3 Å². The maximum absolute atomic E-state index is 5.90. The second kappa shape index (κ2) is 3.84. The molecule has 3 rings (SSSR count). The Labute approximate surface area is 103 Å². The van der Waals surface area contributed by atoms with Crippen LogP contribution in [0, 0.1) is 0 Å². The molecule has 2 aromatic rings. The predicted molar refractivity (Wildman–Crippen MR) is 67.9 cm³/mol. The number of rotatable bonds is 2. The fraction of sp³-hybridized carbons (Fsp3) is 0.250. The van der Waals surface area contributed by atoms with Gasteiger partial charge in [-0.2, -0.15) is 0 Å². The van der Waals surface area contributed by atoms with Gasteiger partial charge in [0.05, 0.1) is 14.9 Å². The number of nitrogens with two attached hydrogens (primary N) is 1. The first-order chi connectivity index (χ1) is 7.74. The fourth-order valence-electron chi connectivity index (χ4n) is 1.82. The molecule has 1 saturated carbocycles. The highest BCUT2D eigenvalue weighted by molar-refractivity contribution is 7.19. The van der Waals surface area contributed by atoms with Crippen molar-refractivity contribution in [1.82, 2.24) is 4.98 Å². The molecule has 2 nitrogen and oxygen atoms in total. The van der Waals surface area contributed by atoms with Gasteiger partial charge in [0.1, 0.15) is 0 Å². The van der Waals surface area contributed by atoms with Crippen molar-refractivity contribution in [2.45, 2.75) is 18.4 Å². The molecule has 0 bridgehead atoms. The van der Waals surface area contributed by atoms with E-state index in [1.807, 2.05) is 24.4 Å². The molecule has 1 fully saturated rings. The van der Waals surface area contributed by atoms with E-state index in [1.165, 1.54) is 5.56 Å². The molecular weight excluding hydrogens is 240 g/mol. The minimum atomic E-state index is 0.337. The van der Waals surface area contributed by atoms with E-state index >= 15 is 0 Å². The van der Waals surface area contributed by atoms with E-state index in [2.05, 4.69) is 11.1 Å². The van der Waals surface area contributed by atoms with Crippen LogP contribution in [0.3, 0.4) is 0 Å². The molecule has 0 aromatic carbocycles. The maximum Gasteiger partial charge on any atom is 0.0935 e. The summed E-state index contributed by atoms with van der Waals surface area (Å²) in [6.45, 7) is 0. The first-order valence-electron chi connectivity index (χ1n) is 5.21. The van der Waals surface area contributed by atoms with Gasteiger partial charge in [-0.05, 0) is 30.2 Å². The van der Waals surface area contributed by atoms with Gasteiger partial charge in [-0.15, -0.1) is 11.3 Å². The minimum Gasteiger partial charge on any atom is -0.327 e. The molecule has 2 atom stereocenters. The van der Waals surface area contributed by atoms with Gasteiger partial charge in [0, 0.05) is 18.2 Å². The summed E-state index contributed by atoms with van der Waals surface area (Å²) in [6, 6.07) is 8.39. The molecule has 0 aliphatic heterocycles. The molecular formula is C12H11ClN2S. The van der Waals surface area contributed by atoms with Crippen LogP contribution in [0.2, 0.25) is 4.34 Å². The standard InChI is InChI=1S/C12H11ClN2S/c13-12-4-3-11(16-12)10-2-1-7(6-15-10)8-5-9(8)14/h1-4,6,8-9H,5,14H2/t8-,9+/m1/s1. The van der Waals surface area contributed by atoms with Crippen LogP contribution in [0.1, 0.15) is 17.9 Å². The first-order valence-corrected chi connectivity index (χ1v) is 6.41. The third-order valence-electron chi connectivity index (χ3n) is 2.88. The summed E-state index contributed by atoms with van der Waals surface area (Å²) in [4.78, 5) is 5.56. The zero-order valence-corrected chi connectivity index (χ0v) is 10.1. The lowest BCUT2D eigenvalue weighted by Crippen LogP contribution is -2.01. The number of nitrogens with zero attached hydrogens (tertiary/aromatic N) is 1. The maximum atomic E-state index is 5.90. The van der Waals surface area contributed by atoms with Crippen molar-refractivity contribution in [1.29, 1.82) is 0 Å². The molecule has 2 N–H and O–H groups in total. The van der Waals surface area contributed by atoms with Crippen LogP contribution in [0.25, 0.3) is 10.6 Å². The van der Waals surface area contributed by atoms with Crippen molar-refractivity contribution in [3.05, 3.63) is 40.4 Å². The summed E-state index contributed by atoms with van der Waals surface area (Å²) in [6.07, 6.45) is 3.02. The Kier molecular flexibility index (Phi) is 2.46. The van der Waals surface area contributed by atoms with Crippen molar-refractivity contribution in [3.8, 4) is 10.6 Å². The molecule has 4 heteroatoms. The first kappa shape index (κ1) is 10.3. The Morgan fingerprint density at radius 2 is 2.12 bits per heavy atom. The lowest BCUT2D eigenvalue weighted by molar-refractivity contribution is 0.981. The summed E-state index contributed by atoms with van der Waals surface area (Å²) in [5.41, 5.74) is 8.04. The van der Waals surface area contributed by atoms with E-state index in [4.69, 9.17) is 17.3 Å². The van der Waals surface area contributed by atoms with Crippen molar-refractivity contribution in [3.63, 3.8) is 0 Å². The molecule has 0 radical (unpaired) electrons. The van der Waals surface area contributed by atoms with Crippen LogP contribution in [-0.2, 0) is 0 Å². The summed E-state index contributed by atoms with van der Waals surface area (Å²) < 4.78 is 0.796. The van der Waals surface area contributed by atoms with Crippen LogP contribution < -0.4 is 5.73 Å². The molecule has 0 saturated heterocycles. The normalized spacial score (nSPS) is 23.4. The minimum absolute atomic E-state index is 0.337. The fourth-order valence-corrected chi connectivity index (χ4v) is 2.84. The third kappa shape index (κ3) is 1.86. The summed E-state index contributed by atoms with van der Waals surface area (Å²) >= 11 is 7.44. The summed E-state index contributed by atoms with van der Waals surface area (Å²) in [5.74, 6) is 0.522. The molecule has 82 valence electrons. The van der Waals surface area contributed by atoms with Crippen molar-refractivity contribution < 1.29 is 0 Å². The monoisotopic (exact) mass is 250 g/mol.